The molecule has 0 fully saturated rings. The van der Waals surface area contributed by atoms with Crippen molar-refractivity contribution in [1.29, 1.82) is 0 Å². The van der Waals surface area contributed by atoms with Crippen molar-refractivity contribution in [3.05, 3.63) is 101 Å². The Hall–Kier alpha value is -4.90. The van der Waals surface area contributed by atoms with E-state index in [-0.39, 0.29) is 29.4 Å². The van der Waals surface area contributed by atoms with Crippen molar-refractivity contribution < 1.29 is 14.0 Å². The van der Waals surface area contributed by atoms with Gasteiger partial charge in [-0.3, -0.25) is 19.9 Å². The quantitative estimate of drug-likeness (QED) is 0.332. The topological polar surface area (TPSA) is 100 Å². The molecule has 1 aliphatic heterocycles. The molecule has 35 heavy (non-hydrogen) atoms. The smallest absolute Gasteiger partial charge is 0.276 e. The molecule has 2 aromatic heterocycles. The first-order valence-electron chi connectivity index (χ1n) is 10.8. The number of carbonyl (C=O) groups excluding carboxylic acids is 2. The molecule has 170 valence electrons. The molecule has 2 aromatic carbocycles. The summed E-state index contributed by atoms with van der Waals surface area (Å²) in [4.78, 5) is 41.5. The van der Waals surface area contributed by atoms with E-state index < -0.39 is 11.7 Å². The number of Topliss-reactive ketones (excluding diaryl/α,β-unsaturated/α-hetero) is 1. The van der Waals surface area contributed by atoms with E-state index in [1.165, 1.54) is 12.1 Å². The number of aromatic nitrogens is 3. The van der Waals surface area contributed by atoms with Gasteiger partial charge in [0.15, 0.2) is 5.78 Å². The molecule has 3 heterocycles. The molecule has 0 aliphatic carbocycles. The lowest BCUT2D eigenvalue weighted by molar-refractivity contribution is 0.0998. The zero-order chi connectivity index (χ0) is 24.2. The molecule has 1 aliphatic rings. The maximum absolute atomic E-state index is 13.8. The van der Waals surface area contributed by atoms with Crippen LogP contribution in [0, 0.1) is 17.7 Å². The number of pyridine rings is 1. The number of amides is 1. The number of nitrogens with one attached hydrogen (secondary N) is 2. The van der Waals surface area contributed by atoms with Crippen LogP contribution in [0.2, 0.25) is 0 Å². The fourth-order valence-corrected chi connectivity index (χ4v) is 3.61. The largest absolute Gasteiger partial charge is 0.324 e. The Balaban J connectivity index is 1.34. The van der Waals surface area contributed by atoms with Crippen molar-refractivity contribution in [1.82, 2.24) is 15.0 Å². The average Bonchev–Trinajstić information content (AvgIpc) is 3.53. The van der Waals surface area contributed by atoms with E-state index in [2.05, 4.69) is 37.1 Å². The molecular formula is C27H18FN5O2. The number of rotatable bonds is 5. The first kappa shape index (κ1) is 21.9. The minimum atomic E-state index is -0.502. The molecule has 7 nitrogen and oxygen atoms in total. The standard InChI is InChI=1S/C27H18FN5O2/c28-21-10-2-1-6-17(21)13-14-18-7-3-12-23(30-18)26(35)33-27-31-22-11-4-9-20(25(22)32-27)24(34)16-19-8-5-15-29-19/h1-7,9-12,15H,8,16H2,(H2,31,32,33,35). The Labute approximate surface area is 199 Å². The van der Waals surface area contributed by atoms with Gasteiger partial charge in [0, 0.05) is 30.3 Å². The van der Waals surface area contributed by atoms with E-state index in [1.54, 1.807) is 54.7 Å². The normalized spacial score (nSPS) is 12.2. The van der Waals surface area contributed by atoms with Crippen LogP contribution in [0.15, 0.2) is 77.9 Å². The van der Waals surface area contributed by atoms with Gasteiger partial charge in [0.25, 0.3) is 5.91 Å². The monoisotopic (exact) mass is 463 g/mol. The lowest BCUT2D eigenvalue weighted by Crippen LogP contribution is -2.15. The van der Waals surface area contributed by atoms with Crippen LogP contribution in [0.25, 0.3) is 11.0 Å². The van der Waals surface area contributed by atoms with Crippen molar-refractivity contribution in [2.24, 2.45) is 4.99 Å². The molecule has 4 aromatic rings. The third-order valence-corrected chi connectivity index (χ3v) is 5.31. The highest BCUT2D eigenvalue weighted by molar-refractivity contribution is 6.15. The van der Waals surface area contributed by atoms with Gasteiger partial charge in [-0.05, 0) is 42.3 Å². The molecule has 8 heteroatoms. The predicted octanol–water partition coefficient (Wildman–Crippen LogP) is 4.68. The first-order chi connectivity index (χ1) is 17.1. The number of anilines is 1. The molecular weight excluding hydrogens is 445 g/mol. The third kappa shape index (κ3) is 4.89. The fraction of sp³-hybridized carbons (Fsp3) is 0.0741. The second-order valence-electron chi connectivity index (χ2n) is 7.76. The summed E-state index contributed by atoms with van der Waals surface area (Å²) in [6.07, 6.45) is 4.48. The summed E-state index contributed by atoms with van der Waals surface area (Å²) < 4.78 is 13.8. The Bertz CT molecular complexity index is 1590. The predicted molar refractivity (Wildman–Crippen MR) is 131 cm³/mol. The molecule has 1 amide bonds. The number of hydrogen-bond donors (Lipinski definition) is 2. The van der Waals surface area contributed by atoms with Crippen LogP contribution in [0.5, 0.6) is 0 Å². The van der Waals surface area contributed by atoms with Gasteiger partial charge in [0.2, 0.25) is 5.95 Å². The summed E-state index contributed by atoms with van der Waals surface area (Å²) >= 11 is 0. The number of benzene rings is 2. The van der Waals surface area contributed by atoms with Crippen LogP contribution < -0.4 is 5.32 Å². The highest BCUT2D eigenvalue weighted by Gasteiger charge is 2.17. The maximum atomic E-state index is 13.8. The lowest BCUT2D eigenvalue weighted by atomic mass is 10.0. The van der Waals surface area contributed by atoms with E-state index in [0.717, 1.165) is 5.71 Å². The molecule has 5 rings (SSSR count). The van der Waals surface area contributed by atoms with E-state index in [1.807, 2.05) is 6.08 Å². The SMILES string of the molecule is O=C(Nc1nc2c(C(=O)CC3=NC=CC3)cccc2[nH]1)c1cccc(C#Cc2ccccc2F)n1. The number of nitrogens with zero attached hydrogens (tertiary/aromatic N) is 3. The number of aromatic amines is 1. The van der Waals surface area contributed by atoms with Crippen molar-refractivity contribution in [2.75, 3.05) is 5.32 Å². The highest BCUT2D eigenvalue weighted by Crippen LogP contribution is 2.21. The molecule has 0 spiro atoms. The van der Waals surface area contributed by atoms with Crippen LogP contribution in [0.1, 0.15) is 44.9 Å². The van der Waals surface area contributed by atoms with Gasteiger partial charge in [0.1, 0.15) is 22.7 Å². The summed E-state index contributed by atoms with van der Waals surface area (Å²) in [6.45, 7) is 0. The summed E-state index contributed by atoms with van der Waals surface area (Å²) in [7, 11) is 0. The lowest BCUT2D eigenvalue weighted by Gasteiger charge is -2.02. The molecule has 0 bridgehead atoms. The van der Waals surface area contributed by atoms with Crippen molar-refractivity contribution in [2.45, 2.75) is 12.8 Å². The van der Waals surface area contributed by atoms with Gasteiger partial charge >= 0.3 is 0 Å². The van der Waals surface area contributed by atoms with Gasteiger partial charge in [-0.15, -0.1) is 0 Å². The Kier molecular flexibility index (Phi) is 5.97. The molecule has 0 unspecified atom stereocenters. The number of carbonyl (C=O) groups is 2. The Morgan fingerprint density at radius 3 is 2.69 bits per heavy atom. The molecule has 2 N–H and O–H groups in total. The number of ketones is 1. The van der Waals surface area contributed by atoms with E-state index in [0.29, 0.717) is 28.7 Å². The minimum Gasteiger partial charge on any atom is -0.324 e. The number of H-pyrrole nitrogens is 1. The number of para-hydroxylation sites is 1. The number of allylic oxidation sites excluding steroid dienone is 1. The van der Waals surface area contributed by atoms with Crippen LogP contribution in [0.3, 0.4) is 0 Å². The minimum absolute atomic E-state index is 0.0924. The summed E-state index contributed by atoms with van der Waals surface area (Å²) in [6, 6.07) is 16.2. The number of imidazole rings is 1. The Morgan fingerprint density at radius 2 is 1.86 bits per heavy atom. The van der Waals surface area contributed by atoms with Gasteiger partial charge in [-0.2, -0.15) is 0 Å². The van der Waals surface area contributed by atoms with Gasteiger partial charge < -0.3 is 4.98 Å². The number of fused-ring (bicyclic) bond motifs is 1. The van der Waals surface area contributed by atoms with Crippen LogP contribution in [-0.4, -0.2) is 32.4 Å². The van der Waals surface area contributed by atoms with Gasteiger partial charge in [-0.1, -0.05) is 36.3 Å². The molecule has 0 radical (unpaired) electrons. The van der Waals surface area contributed by atoms with E-state index >= 15 is 0 Å². The van der Waals surface area contributed by atoms with Crippen LogP contribution >= 0.6 is 0 Å². The second kappa shape index (κ2) is 9.53. The van der Waals surface area contributed by atoms with Crippen molar-refractivity contribution in [3.63, 3.8) is 0 Å². The zero-order valence-electron chi connectivity index (χ0n) is 18.4. The number of hydrogen-bond acceptors (Lipinski definition) is 5. The van der Waals surface area contributed by atoms with Crippen molar-refractivity contribution in [3.8, 4) is 11.8 Å². The zero-order valence-corrected chi connectivity index (χ0v) is 18.4. The van der Waals surface area contributed by atoms with Crippen LogP contribution in [0.4, 0.5) is 10.3 Å². The Morgan fingerprint density at radius 1 is 1.00 bits per heavy atom. The van der Waals surface area contributed by atoms with E-state index in [9.17, 15) is 14.0 Å². The third-order valence-electron chi connectivity index (χ3n) is 5.31. The highest BCUT2D eigenvalue weighted by atomic mass is 19.1. The summed E-state index contributed by atoms with van der Waals surface area (Å²) in [5.74, 6) is 4.67. The van der Waals surface area contributed by atoms with Gasteiger partial charge in [-0.25, -0.2) is 14.4 Å². The second-order valence-corrected chi connectivity index (χ2v) is 7.76. The average molecular weight is 463 g/mol. The first-order valence-corrected chi connectivity index (χ1v) is 10.8. The number of aliphatic imine (C=N–C) groups is 1. The van der Waals surface area contributed by atoms with E-state index in [4.69, 9.17) is 0 Å². The maximum Gasteiger partial charge on any atom is 0.276 e. The van der Waals surface area contributed by atoms with Crippen LogP contribution in [-0.2, 0) is 0 Å². The van der Waals surface area contributed by atoms with Gasteiger partial charge in [0.05, 0.1) is 11.1 Å². The fourth-order valence-electron chi connectivity index (χ4n) is 3.61. The number of halogens is 1. The molecule has 0 saturated carbocycles. The molecule has 0 saturated heterocycles. The molecule has 0 atom stereocenters. The van der Waals surface area contributed by atoms with Crippen molar-refractivity contribution >= 4 is 34.4 Å². The summed E-state index contributed by atoms with van der Waals surface area (Å²) in [5, 5.41) is 2.68. The summed E-state index contributed by atoms with van der Waals surface area (Å²) in [5.41, 5.74) is 3.04.